The number of allylic oxidation sites excluding steroid dienone is 1. The van der Waals surface area contributed by atoms with Crippen LogP contribution in [0.25, 0.3) is 6.08 Å². The summed E-state index contributed by atoms with van der Waals surface area (Å²) in [6.07, 6.45) is 1.95. The molecule has 1 aliphatic rings. The Morgan fingerprint density at radius 3 is 2.30 bits per heavy atom. The van der Waals surface area contributed by atoms with Gasteiger partial charge in [-0.2, -0.15) is 0 Å². The molecule has 0 saturated carbocycles. The van der Waals surface area contributed by atoms with Gasteiger partial charge in [0.25, 0.3) is 0 Å². The number of hydrogen-bond acceptors (Lipinski definition) is 3. The number of carbonyl (C=O) groups is 1. The maximum absolute atomic E-state index is 12.8. The predicted octanol–water partition coefficient (Wildman–Crippen LogP) is 4.26. The zero-order chi connectivity index (χ0) is 16.6. The molecule has 0 heterocycles. The van der Waals surface area contributed by atoms with Crippen molar-refractivity contribution in [1.82, 2.24) is 0 Å². The highest BCUT2D eigenvalue weighted by Gasteiger charge is 2.40. The summed E-state index contributed by atoms with van der Waals surface area (Å²) in [6.45, 7) is 4.17. The molecule has 0 radical (unpaired) electrons. The molecule has 0 atom stereocenters. The van der Waals surface area contributed by atoms with E-state index in [1.165, 1.54) is 0 Å². The molecule has 0 fully saturated rings. The van der Waals surface area contributed by atoms with Crippen molar-refractivity contribution in [2.24, 2.45) is 0 Å². The van der Waals surface area contributed by atoms with Gasteiger partial charge in [0.2, 0.25) is 0 Å². The Balaban J connectivity index is 2.09. The van der Waals surface area contributed by atoms with E-state index in [4.69, 9.17) is 9.47 Å². The molecule has 0 N–H and O–H groups in total. The largest absolute Gasteiger partial charge is 0.493 e. The zero-order valence-electron chi connectivity index (χ0n) is 13.8. The summed E-state index contributed by atoms with van der Waals surface area (Å²) in [5.41, 5.74) is 3.29. The maximum Gasteiger partial charge on any atom is 0.190 e. The molecule has 0 bridgehead atoms. The number of Topliss-reactive ketones (excluding diaryl/α,β-unsaturated/α-hetero) is 1. The van der Waals surface area contributed by atoms with E-state index in [0.717, 1.165) is 22.3 Å². The van der Waals surface area contributed by atoms with E-state index in [2.05, 4.69) is 13.8 Å². The molecule has 2 aromatic carbocycles. The molecule has 1 aliphatic carbocycles. The summed E-state index contributed by atoms with van der Waals surface area (Å²) in [7, 11) is 3.21. The first-order valence-electron chi connectivity index (χ1n) is 7.57. The van der Waals surface area contributed by atoms with Crippen LogP contribution in [0.1, 0.15) is 35.3 Å². The van der Waals surface area contributed by atoms with Crippen LogP contribution in [0.4, 0.5) is 0 Å². The number of fused-ring (bicyclic) bond motifs is 1. The highest BCUT2D eigenvalue weighted by Crippen LogP contribution is 2.43. The summed E-state index contributed by atoms with van der Waals surface area (Å²) in [6, 6.07) is 13.5. The second-order valence-corrected chi connectivity index (χ2v) is 6.17. The monoisotopic (exact) mass is 308 g/mol. The van der Waals surface area contributed by atoms with Crippen molar-refractivity contribution in [3.63, 3.8) is 0 Å². The molecule has 0 spiro atoms. The summed E-state index contributed by atoms with van der Waals surface area (Å²) >= 11 is 0. The first-order chi connectivity index (χ1) is 11.0. The second-order valence-electron chi connectivity index (χ2n) is 6.17. The normalized spacial score (nSPS) is 17.2. The van der Waals surface area contributed by atoms with Crippen LogP contribution in [0.5, 0.6) is 11.5 Å². The van der Waals surface area contributed by atoms with E-state index in [1.807, 2.05) is 48.5 Å². The van der Waals surface area contributed by atoms with Crippen LogP contribution in [0.15, 0.2) is 48.0 Å². The summed E-state index contributed by atoms with van der Waals surface area (Å²) in [5.74, 6) is 1.43. The predicted molar refractivity (Wildman–Crippen MR) is 91.3 cm³/mol. The Hall–Kier alpha value is -2.55. The van der Waals surface area contributed by atoms with Gasteiger partial charge >= 0.3 is 0 Å². The van der Waals surface area contributed by atoms with Crippen LogP contribution in [-0.2, 0) is 5.41 Å². The summed E-state index contributed by atoms with van der Waals surface area (Å²) < 4.78 is 10.6. The number of benzene rings is 2. The van der Waals surface area contributed by atoms with Gasteiger partial charge in [-0.05, 0) is 29.3 Å². The van der Waals surface area contributed by atoms with Gasteiger partial charge in [-0.3, -0.25) is 4.79 Å². The van der Waals surface area contributed by atoms with E-state index in [0.29, 0.717) is 11.5 Å². The van der Waals surface area contributed by atoms with Crippen molar-refractivity contribution < 1.29 is 14.3 Å². The van der Waals surface area contributed by atoms with Gasteiger partial charge in [0.15, 0.2) is 17.3 Å². The maximum atomic E-state index is 12.8. The van der Waals surface area contributed by atoms with E-state index < -0.39 is 0 Å². The van der Waals surface area contributed by atoms with Gasteiger partial charge in [0.1, 0.15) is 0 Å². The van der Waals surface area contributed by atoms with Crippen molar-refractivity contribution in [3.8, 4) is 11.5 Å². The fourth-order valence-electron chi connectivity index (χ4n) is 3.16. The van der Waals surface area contributed by atoms with Crippen molar-refractivity contribution in [3.05, 3.63) is 64.7 Å². The fourth-order valence-corrected chi connectivity index (χ4v) is 3.16. The first kappa shape index (κ1) is 15.3. The number of rotatable bonds is 3. The Labute approximate surface area is 136 Å². The van der Waals surface area contributed by atoms with Gasteiger partial charge in [-0.15, -0.1) is 0 Å². The van der Waals surface area contributed by atoms with Gasteiger partial charge in [-0.25, -0.2) is 0 Å². The van der Waals surface area contributed by atoms with Crippen LogP contribution in [-0.4, -0.2) is 20.0 Å². The number of methoxy groups -OCH3 is 2. The van der Waals surface area contributed by atoms with Crippen molar-refractivity contribution >= 4 is 11.9 Å². The Kier molecular flexibility index (Phi) is 3.72. The van der Waals surface area contributed by atoms with Gasteiger partial charge in [-0.1, -0.05) is 44.2 Å². The second kappa shape index (κ2) is 5.58. The number of ketones is 1. The van der Waals surface area contributed by atoms with Gasteiger partial charge < -0.3 is 9.47 Å². The molecule has 3 nitrogen and oxygen atoms in total. The molecule has 3 rings (SSSR count). The van der Waals surface area contributed by atoms with Gasteiger partial charge in [0, 0.05) is 16.6 Å². The lowest BCUT2D eigenvalue weighted by Gasteiger charge is -2.20. The highest BCUT2D eigenvalue weighted by atomic mass is 16.5. The topological polar surface area (TPSA) is 35.5 Å². The molecule has 3 heteroatoms. The quantitative estimate of drug-likeness (QED) is 0.795. The van der Waals surface area contributed by atoms with Crippen LogP contribution in [0.2, 0.25) is 0 Å². The average molecular weight is 308 g/mol. The van der Waals surface area contributed by atoms with Crippen LogP contribution in [0.3, 0.4) is 0 Å². The molecular weight excluding hydrogens is 288 g/mol. The molecule has 0 aromatic heterocycles. The molecule has 0 amide bonds. The molecule has 0 aliphatic heterocycles. The Bertz CT molecular complexity index is 800. The SMILES string of the molecule is COc1ccc(C=C2C(=O)c3ccccc3C2(C)C)cc1OC. The minimum absolute atomic E-state index is 0.0976. The fraction of sp³-hybridized carbons (Fsp3) is 0.250. The molecule has 0 saturated heterocycles. The zero-order valence-corrected chi connectivity index (χ0v) is 13.8. The minimum Gasteiger partial charge on any atom is -0.493 e. The number of ether oxygens (including phenoxy) is 2. The molecule has 2 aromatic rings. The van der Waals surface area contributed by atoms with Crippen LogP contribution in [0, 0.1) is 0 Å². The third-order valence-corrected chi connectivity index (χ3v) is 4.48. The standard InChI is InChI=1S/C20H20O3/c1-20(2)15-8-6-5-7-14(15)19(21)16(20)11-13-9-10-17(22-3)18(12-13)23-4/h5-12H,1-4H3. The van der Waals surface area contributed by atoms with Crippen molar-refractivity contribution in [1.29, 1.82) is 0 Å². The summed E-state index contributed by atoms with van der Waals surface area (Å²) in [5, 5.41) is 0. The average Bonchev–Trinajstić information content (AvgIpc) is 2.76. The van der Waals surface area contributed by atoms with E-state index in [-0.39, 0.29) is 11.2 Å². The van der Waals surface area contributed by atoms with Crippen LogP contribution >= 0.6 is 0 Å². The Morgan fingerprint density at radius 2 is 1.65 bits per heavy atom. The number of hydrogen-bond donors (Lipinski definition) is 0. The Morgan fingerprint density at radius 1 is 0.957 bits per heavy atom. The van der Waals surface area contributed by atoms with Gasteiger partial charge in [0.05, 0.1) is 14.2 Å². The van der Waals surface area contributed by atoms with Crippen molar-refractivity contribution in [2.75, 3.05) is 14.2 Å². The van der Waals surface area contributed by atoms with E-state index in [9.17, 15) is 4.79 Å². The molecule has 23 heavy (non-hydrogen) atoms. The molecular formula is C20H20O3. The van der Waals surface area contributed by atoms with Crippen LogP contribution < -0.4 is 9.47 Å². The van der Waals surface area contributed by atoms with Crippen molar-refractivity contribution in [2.45, 2.75) is 19.3 Å². The lowest BCUT2D eigenvalue weighted by molar-refractivity contribution is 0.103. The number of carbonyl (C=O) groups excluding carboxylic acids is 1. The third kappa shape index (κ3) is 2.42. The minimum atomic E-state index is -0.305. The lowest BCUT2D eigenvalue weighted by Crippen LogP contribution is -2.16. The summed E-state index contributed by atoms with van der Waals surface area (Å²) in [4.78, 5) is 12.8. The molecule has 118 valence electrons. The lowest BCUT2D eigenvalue weighted by atomic mass is 9.82. The highest BCUT2D eigenvalue weighted by molar-refractivity contribution is 6.17. The van der Waals surface area contributed by atoms with E-state index >= 15 is 0 Å². The smallest absolute Gasteiger partial charge is 0.190 e. The molecule has 0 unspecified atom stereocenters. The van der Waals surface area contributed by atoms with E-state index in [1.54, 1.807) is 14.2 Å². The third-order valence-electron chi connectivity index (χ3n) is 4.48. The first-order valence-corrected chi connectivity index (χ1v) is 7.57.